The molecule has 8 aromatic heterocycles. The van der Waals surface area contributed by atoms with Gasteiger partial charge in [-0.1, -0.05) is 408 Å². The minimum atomic E-state index is -0.0875. The quantitative estimate of drug-likeness (QED) is 0.103. The molecule has 29 rings (SSSR count). The number of hydrogen-bond acceptors (Lipinski definition) is 11. The molecule has 0 radical (unpaired) electrons. The summed E-state index contributed by atoms with van der Waals surface area (Å²) < 4.78 is 15.8. The summed E-state index contributed by atoms with van der Waals surface area (Å²) in [6, 6.07) is 170. The number of benzene rings is 20. The van der Waals surface area contributed by atoms with Crippen LogP contribution < -0.4 is 0 Å². The predicted octanol–water partition coefficient (Wildman–Crippen LogP) is 33.8. The molecule has 0 N–H and O–H groups in total. The molecule has 13 nitrogen and oxygen atoms in total. The Bertz CT molecular complexity index is 9800. The Hall–Kier alpha value is -19.2. The highest BCUT2D eigenvalue weighted by molar-refractivity contribution is 7.26. The van der Waals surface area contributed by atoms with Gasteiger partial charge in [0.2, 0.25) is 5.95 Å². The number of thiophene rings is 1. The van der Waals surface area contributed by atoms with Gasteiger partial charge in [0.15, 0.2) is 46.6 Å². The van der Waals surface area contributed by atoms with Crippen molar-refractivity contribution in [2.75, 3.05) is 0 Å². The van der Waals surface area contributed by atoms with Crippen LogP contribution in [0.4, 0.5) is 0 Å². The first-order chi connectivity index (χ1) is 72.1. The molecule has 0 bridgehead atoms. The molecule has 0 saturated heterocycles. The lowest BCUT2D eigenvalue weighted by Crippen LogP contribution is -2.14. The van der Waals surface area contributed by atoms with Crippen LogP contribution in [0, 0.1) is 0 Å². The lowest BCUT2D eigenvalue weighted by Gasteiger charge is -2.21. The van der Waals surface area contributed by atoms with Crippen molar-refractivity contribution in [1.29, 1.82) is 0 Å². The zero-order chi connectivity index (χ0) is 96.9. The monoisotopic (exact) mass is 1890 g/mol. The van der Waals surface area contributed by atoms with Gasteiger partial charge in [0.05, 0.1) is 33.1 Å². The van der Waals surface area contributed by atoms with Crippen LogP contribution in [-0.2, 0) is 5.41 Å². The fourth-order valence-corrected chi connectivity index (χ4v) is 22.6. The van der Waals surface area contributed by atoms with Crippen molar-refractivity contribution in [3.8, 4) is 153 Å². The van der Waals surface area contributed by atoms with Crippen LogP contribution in [-0.4, -0.2) is 58.6 Å². The smallest absolute Gasteiger partial charge is 0.238 e. The minimum absolute atomic E-state index is 0.0875. The molecule has 686 valence electrons. The fourth-order valence-electron chi connectivity index (χ4n) is 21.4. The van der Waals surface area contributed by atoms with E-state index in [9.17, 15) is 0 Å². The normalized spacial score (nSPS) is 12.1. The maximum Gasteiger partial charge on any atom is 0.238 e. The fraction of sp³-hybridized carbons (Fsp3) is 0.0227. The van der Waals surface area contributed by atoms with Crippen LogP contribution in [0.1, 0.15) is 25.0 Å². The zero-order valence-corrected chi connectivity index (χ0v) is 80.2. The van der Waals surface area contributed by atoms with Crippen LogP contribution in [0.3, 0.4) is 0 Å². The van der Waals surface area contributed by atoms with E-state index in [1.165, 1.54) is 91.7 Å². The molecule has 0 amide bonds. The first-order valence-corrected chi connectivity index (χ1v) is 49.9. The maximum absolute atomic E-state index is 6.18. The van der Waals surface area contributed by atoms with E-state index in [-0.39, 0.29) is 5.41 Å². The van der Waals surface area contributed by atoms with Gasteiger partial charge in [0.1, 0.15) is 11.2 Å². The van der Waals surface area contributed by atoms with Crippen molar-refractivity contribution in [3.63, 3.8) is 0 Å². The lowest BCUT2D eigenvalue weighted by atomic mass is 9.82. The second kappa shape index (κ2) is 35.9. The highest BCUT2D eigenvalue weighted by atomic mass is 32.1. The van der Waals surface area contributed by atoms with Crippen LogP contribution >= 0.6 is 11.3 Å². The predicted molar refractivity (Wildman–Crippen MR) is 600 cm³/mol. The molecule has 0 aliphatic heterocycles. The van der Waals surface area contributed by atoms with Gasteiger partial charge in [-0.15, -0.1) is 11.3 Å². The van der Waals surface area contributed by atoms with E-state index >= 15 is 0 Å². The van der Waals surface area contributed by atoms with E-state index in [1.807, 2.05) is 181 Å². The minimum Gasteiger partial charge on any atom is -0.456 e. The van der Waals surface area contributed by atoms with E-state index in [2.05, 4.69) is 343 Å². The SMILES string of the molecule is CC1(C)c2ccccc2-c2cc3c4ccccc4n(-c4cccc(-c5nc(-c6ccccc6)nc(-c6ccccc6)n5)c4)c3cc21.c1ccc(-c2ccc3c(c2)c2ccc(-c4cccc5c4sc4ccccc45)cc2n3-c2nc(-c3ccccc3)nc(-c3ccccc3)n2)cc1.c1ccc(-c2nc(-c3ccccc3)nc(-c3cccc(-n4c5ccccc5c5cccc(-c6ccc7oc8ccccc8c7c6)c54)c3)n2)cc1. The summed E-state index contributed by atoms with van der Waals surface area (Å²) in [7, 11) is 0. The average molecular weight is 1890 g/mol. The summed E-state index contributed by atoms with van der Waals surface area (Å²) in [4.78, 5) is 45.2. The molecular weight excluding hydrogens is 1800 g/mol. The molecular formula is C132H86N12OS. The zero-order valence-electron chi connectivity index (χ0n) is 79.4. The van der Waals surface area contributed by atoms with E-state index in [4.69, 9.17) is 49.3 Å². The lowest BCUT2D eigenvalue weighted by molar-refractivity contribution is 0.661. The van der Waals surface area contributed by atoms with Gasteiger partial charge in [-0.05, 0) is 141 Å². The van der Waals surface area contributed by atoms with Gasteiger partial charge in [0.25, 0.3) is 0 Å². The first kappa shape index (κ1) is 86.0. The second-order valence-electron chi connectivity index (χ2n) is 37.4. The van der Waals surface area contributed by atoms with E-state index in [1.54, 1.807) is 0 Å². The Morgan fingerprint density at radius 1 is 0.199 bits per heavy atom. The largest absolute Gasteiger partial charge is 0.456 e. The Morgan fingerprint density at radius 3 is 1.15 bits per heavy atom. The number of aromatic nitrogens is 12. The molecule has 14 heteroatoms. The summed E-state index contributed by atoms with van der Waals surface area (Å²) in [5.41, 5.74) is 30.5. The number of para-hydroxylation sites is 4. The number of fused-ring (bicyclic) bond motifs is 18. The summed E-state index contributed by atoms with van der Waals surface area (Å²) in [5, 5.41) is 12.0. The highest BCUT2D eigenvalue weighted by Crippen LogP contribution is 2.53. The van der Waals surface area contributed by atoms with Gasteiger partial charge < -0.3 is 13.6 Å². The van der Waals surface area contributed by atoms with Gasteiger partial charge >= 0.3 is 0 Å². The standard InChI is InChI=1S/C45H28N4O.C45H28N4S.C42H30N4/c1-3-13-29(14-4-1)43-46-44(30-15-5-2-6-16-30)48-45(47-43)32-17-11-18-33(27-32)49-39-23-9-7-19-35(39)37-22-12-21-34(42(37)49)31-25-26-41-38(28-31)36-20-8-10-24-40(36)50-41;1-4-13-29(14-5-1)32-24-26-39-38(27-32)35-25-23-33(34-20-12-21-37-36-19-10-11-22-41(36)50-42(34)37)28-40(35)49(39)45-47-43(30-15-6-2-7-16-30)46-44(48-45)31-17-8-3-9-18-31;1-42(2)35-22-11-9-20-31(35)33-25-34-32-21-10-12-23-37(32)46(38(34)26-36(33)42)30-19-13-18-29(24-30)41-44-39(27-14-5-3-6-15-27)43-40(45-41)28-16-7-4-8-17-28/h2*1-28H;3-26H,1-2H3. The molecule has 0 saturated carbocycles. The molecule has 0 unspecified atom stereocenters. The van der Waals surface area contributed by atoms with Gasteiger partial charge in [0, 0.05) is 130 Å². The van der Waals surface area contributed by atoms with E-state index in [0.29, 0.717) is 52.5 Å². The molecule has 8 heterocycles. The molecule has 0 fully saturated rings. The van der Waals surface area contributed by atoms with Crippen molar-refractivity contribution >= 4 is 119 Å². The van der Waals surface area contributed by atoms with Crippen molar-refractivity contribution in [2.24, 2.45) is 0 Å². The van der Waals surface area contributed by atoms with Crippen molar-refractivity contribution in [2.45, 2.75) is 19.3 Å². The molecule has 0 atom stereocenters. The summed E-state index contributed by atoms with van der Waals surface area (Å²) in [6.07, 6.45) is 0. The van der Waals surface area contributed by atoms with Crippen LogP contribution in [0.2, 0.25) is 0 Å². The molecule has 20 aromatic carbocycles. The molecule has 146 heavy (non-hydrogen) atoms. The summed E-state index contributed by atoms with van der Waals surface area (Å²) in [6.45, 7) is 4.68. The first-order valence-electron chi connectivity index (χ1n) is 49.1. The average Bonchev–Trinajstić information content (AvgIpc) is 1.55. The van der Waals surface area contributed by atoms with Crippen LogP contribution in [0.25, 0.3) is 260 Å². The number of rotatable bonds is 14. The topological polar surface area (TPSA) is 144 Å². The number of furan rings is 1. The van der Waals surface area contributed by atoms with Crippen LogP contribution in [0.15, 0.2) is 490 Å². The van der Waals surface area contributed by atoms with Gasteiger partial charge in [-0.3, -0.25) is 4.57 Å². The van der Waals surface area contributed by atoms with Crippen molar-refractivity contribution < 1.29 is 4.42 Å². The van der Waals surface area contributed by atoms with E-state index in [0.717, 1.165) is 127 Å². The third-order valence-corrected chi connectivity index (χ3v) is 29.6. The molecule has 28 aromatic rings. The number of hydrogen-bond donors (Lipinski definition) is 0. The summed E-state index contributed by atoms with van der Waals surface area (Å²) >= 11 is 1.85. The second-order valence-corrected chi connectivity index (χ2v) is 38.5. The molecule has 1 aliphatic carbocycles. The molecule has 0 spiro atoms. The Balaban J connectivity index is 0.000000109. The Morgan fingerprint density at radius 2 is 0.575 bits per heavy atom. The van der Waals surface area contributed by atoms with Crippen molar-refractivity contribution in [1.82, 2.24) is 58.6 Å². The van der Waals surface area contributed by atoms with Gasteiger partial charge in [-0.2, -0.15) is 9.97 Å². The van der Waals surface area contributed by atoms with Crippen molar-refractivity contribution in [3.05, 3.63) is 496 Å². The highest BCUT2D eigenvalue weighted by Gasteiger charge is 2.37. The molecule has 1 aliphatic rings. The maximum atomic E-state index is 6.18. The Kier molecular flexibility index (Phi) is 21.1. The summed E-state index contributed by atoms with van der Waals surface area (Å²) in [5.74, 6) is 5.72. The number of nitrogens with zero attached hydrogens (tertiary/aromatic N) is 12. The third kappa shape index (κ3) is 15.2. The van der Waals surface area contributed by atoms with Crippen LogP contribution in [0.5, 0.6) is 0 Å². The van der Waals surface area contributed by atoms with Gasteiger partial charge in [-0.25, -0.2) is 34.9 Å². The van der Waals surface area contributed by atoms with E-state index < -0.39 is 0 Å². The third-order valence-electron chi connectivity index (χ3n) is 28.4. The Labute approximate surface area is 844 Å².